The van der Waals surface area contributed by atoms with E-state index in [0.29, 0.717) is 0 Å². The van der Waals surface area contributed by atoms with Gasteiger partial charge in [-0.3, -0.25) is 0 Å². The van der Waals surface area contributed by atoms with Gasteiger partial charge in [0.2, 0.25) is 0 Å². The molecular formula is C20H33Cl2HfSi. The maximum atomic E-state index is 2.65. The largest absolute Gasteiger partial charge is 1.00 e. The molecule has 0 unspecified atom stereocenters. The van der Waals surface area contributed by atoms with Crippen LogP contribution < -0.4 is 24.8 Å². The molecule has 0 saturated carbocycles. The van der Waals surface area contributed by atoms with Gasteiger partial charge >= 0.3 is 147 Å². The van der Waals surface area contributed by atoms with Gasteiger partial charge < -0.3 is 24.8 Å². The second-order valence-corrected chi connectivity index (χ2v) is 33.8. The molecule has 0 heterocycles. The average molecular weight is 551 g/mol. The molecule has 0 saturated heterocycles. The molecule has 0 N–H and O–H groups in total. The SMILES string of the molecule is CCCCC1=[C]([Hf+2]([C]2=C(CCCC)C=CC2)[SiH](C)C)CC=C1.[Cl-].[Cl-]. The molecule has 2 aliphatic rings. The quantitative estimate of drug-likeness (QED) is 0.365. The normalized spacial score (nSPS) is 16.0. The first kappa shape index (κ1) is 24.6. The molecule has 0 radical (unpaired) electrons. The van der Waals surface area contributed by atoms with E-state index in [1.807, 2.05) is 6.66 Å². The van der Waals surface area contributed by atoms with Crippen molar-refractivity contribution in [2.24, 2.45) is 0 Å². The molecule has 0 nitrogen and oxygen atoms in total. The standard InChI is InChI=1S/2C9H13.C2H7Si.2ClH.Hf/c2*1-2-3-6-9-7-4-5-8-9;1-3-2;;;/h2*4,7H,2-3,5-6H2,1H3;3H,1-2H3;2*1H;/q;;;;;+2/p-2. The summed E-state index contributed by atoms with van der Waals surface area (Å²) in [6, 6.07) is 0. The molecule has 0 aromatic rings. The Morgan fingerprint density at radius 2 is 1.25 bits per heavy atom. The van der Waals surface area contributed by atoms with Crippen LogP contribution in [0, 0.1) is 0 Å². The summed E-state index contributed by atoms with van der Waals surface area (Å²) in [5.74, 6) is -0.519. The van der Waals surface area contributed by atoms with Crippen molar-refractivity contribution in [2.45, 2.75) is 78.3 Å². The molecule has 2 aliphatic carbocycles. The molecule has 4 heteroatoms. The number of rotatable bonds is 9. The molecule has 0 spiro atoms. The second kappa shape index (κ2) is 12.9. The minimum absolute atomic E-state index is 0. The van der Waals surface area contributed by atoms with Crippen molar-refractivity contribution >= 4 is 5.98 Å². The van der Waals surface area contributed by atoms with Crippen LogP contribution in [-0.2, 0) is 20.6 Å². The van der Waals surface area contributed by atoms with Crippen molar-refractivity contribution in [3.63, 3.8) is 0 Å². The van der Waals surface area contributed by atoms with Gasteiger partial charge in [0.1, 0.15) is 0 Å². The topological polar surface area (TPSA) is 0 Å². The Labute approximate surface area is 170 Å². The van der Waals surface area contributed by atoms with Gasteiger partial charge in [-0.25, -0.2) is 0 Å². The van der Waals surface area contributed by atoms with E-state index in [4.69, 9.17) is 0 Å². The van der Waals surface area contributed by atoms with Crippen LogP contribution in [0.4, 0.5) is 0 Å². The third kappa shape index (κ3) is 6.41. The summed E-state index contributed by atoms with van der Waals surface area (Å²) in [4.78, 5) is 0. The van der Waals surface area contributed by atoms with Gasteiger partial charge in [-0.2, -0.15) is 0 Å². The monoisotopic (exact) mass is 551 g/mol. The Hall–Kier alpha value is 0.627. The van der Waals surface area contributed by atoms with Crippen LogP contribution in [0.1, 0.15) is 65.2 Å². The van der Waals surface area contributed by atoms with E-state index in [-0.39, 0.29) is 24.8 Å². The van der Waals surface area contributed by atoms with Crippen LogP contribution >= 0.6 is 0 Å². The first-order valence-corrected chi connectivity index (χ1v) is 22.0. The maximum Gasteiger partial charge on any atom is -1.00 e. The fraction of sp³-hybridized carbons (Fsp3) is 0.600. The molecule has 0 amide bonds. The predicted octanol–water partition coefficient (Wildman–Crippen LogP) is 0.404. The van der Waals surface area contributed by atoms with Crippen molar-refractivity contribution in [1.82, 2.24) is 0 Å². The van der Waals surface area contributed by atoms with Crippen LogP contribution in [0.3, 0.4) is 0 Å². The van der Waals surface area contributed by atoms with E-state index >= 15 is 0 Å². The van der Waals surface area contributed by atoms with E-state index in [9.17, 15) is 0 Å². The second-order valence-electron chi connectivity index (χ2n) is 7.00. The van der Waals surface area contributed by atoms with Gasteiger partial charge in [0.05, 0.1) is 0 Å². The Kier molecular flexibility index (Phi) is 13.2. The molecule has 0 aromatic heterocycles. The van der Waals surface area contributed by atoms with Gasteiger partial charge in [-0.1, -0.05) is 0 Å². The summed E-state index contributed by atoms with van der Waals surface area (Å²) in [5, 5.41) is 0. The third-order valence-corrected chi connectivity index (χ3v) is 32.6. The van der Waals surface area contributed by atoms with Crippen molar-refractivity contribution in [1.29, 1.82) is 0 Å². The van der Waals surface area contributed by atoms with Gasteiger partial charge in [-0.15, -0.1) is 0 Å². The summed E-state index contributed by atoms with van der Waals surface area (Å²) in [6.45, 7) is 9.94. The van der Waals surface area contributed by atoms with E-state index < -0.39 is 26.6 Å². The molecule has 0 aromatic carbocycles. The molecule has 0 fully saturated rings. The summed E-state index contributed by atoms with van der Waals surface area (Å²) >= 11 is -1.72. The molecule has 24 heavy (non-hydrogen) atoms. The van der Waals surface area contributed by atoms with E-state index in [1.54, 1.807) is 11.1 Å². The number of allylic oxidation sites excluding steroid dienone is 8. The van der Waals surface area contributed by atoms with E-state index in [1.165, 1.54) is 51.4 Å². The maximum absolute atomic E-state index is 2.65. The van der Waals surface area contributed by atoms with Crippen LogP contribution in [-0.4, -0.2) is 5.98 Å². The fourth-order valence-electron chi connectivity index (χ4n) is 3.75. The van der Waals surface area contributed by atoms with Gasteiger partial charge in [-0.05, 0) is 0 Å². The van der Waals surface area contributed by atoms with Gasteiger partial charge in [0, 0.05) is 0 Å². The molecule has 135 valence electrons. The van der Waals surface area contributed by atoms with Crippen LogP contribution in [0.2, 0.25) is 13.1 Å². The van der Waals surface area contributed by atoms with E-state index in [0.717, 1.165) is 0 Å². The van der Waals surface area contributed by atoms with Crippen molar-refractivity contribution in [2.75, 3.05) is 0 Å². The minimum atomic E-state index is -1.72. The fourth-order valence-corrected chi connectivity index (χ4v) is 32.8. The molecule has 0 bridgehead atoms. The molecule has 2 rings (SSSR count). The Bertz CT molecular complexity index is 462. The van der Waals surface area contributed by atoms with Crippen LogP contribution in [0.5, 0.6) is 0 Å². The van der Waals surface area contributed by atoms with Gasteiger partial charge in [0.15, 0.2) is 0 Å². The number of halogens is 2. The zero-order chi connectivity index (χ0) is 15.9. The number of hydrogen-bond acceptors (Lipinski definition) is 0. The summed E-state index contributed by atoms with van der Waals surface area (Å²) in [7, 11) is 0. The van der Waals surface area contributed by atoms with Crippen LogP contribution in [0.15, 0.2) is 42.1 Å². The Balaban J connectivity index is 0.00000264. The zero-order valence-electron chi connectivity index (χ0n) is 15.8. The third-order valence-electron chi connectivity index (χ3n) is 4.88. The van der Waals surface area contributed by atoms with Crippen molar-refractivity contribution in [3.8, 4) is 0 Å². The number of unbranched alkanes of at least 4 members (excludes halogenated alkanes) is 2. The molecule has 0 atom stereocenters. The van der Waals surface area contributed by atoms with Crippen molar-refractivity contribution < 1.29 is 45.4 Å². The Morgan fingerprint density at radius 1 is 0.833 bits per heavy atom. The average Bonchev–Trinajstić information content (AvgIpc) is 3.13. The number of hydrogen-bond donors (Lipinski definition) is 0. The van der Waals surface area contributed by atoms with Crippen LogP contribution in [0.25, 0.3) is 0 Å². The Morgan fingerprint density at radius 3 is 1.58 bits per heavy atom. The summed E-state index contributed by atoms with van der Waals surface area (Å²) < 4.78 is 4.01. The first-order chi connectivity index (χ1) is 10.7. The zero-order valence-corrected chi connectivity index (χ0v) is 22.1. The summed E-state index contributed by atoms with van der Waals surface area (Å²) in [6.07, 6.45) is 20.7. The van der Waals surface area contributed by atoms with Gasteiger partial charge in [0.25, 0.3) is 0 Å². The smallest absolute Gasteiger partial charge is 1.00 e. The molecule has 0 aliphatic heterocycles. The predicted molar refractivity (Wildman–Crippen MR) is 99.5 cm³/mol. The minimum Gasteiger partial charge on any atom is -1.00 e. The summed E-state index contributed by atoms with van der Waals surface area (Å²) in [5.41, 5.74) is 3.55. The molecular weight excluding hydrogens is 518 g/mol. The van der Waals surface area contributed by atoms with E-state index in [2.05, 4.69) is 51.2 Å². The van der Waals surface area contributed by atoms with Crippen molar-refractivity contribution in [3.05, 3.63) is 42.1 Å². The first-order valence-electron chi connectivity index (χ1n) is 9.33.